The van der Waals surface area contributed by atoms with Crippen LogP contribution >= 0.6 is 0 Å². The molecule has 0 aromatic heterocycles. The van der Waals surface area contributed by atoms with Crippen molar-refractivity contribution in [2.45, 2.75) is 24.9 Å². The molecule has 0 heterocycles. The molecule has 2 heteroatoms. The highest BCUT2D eigenvalue weighted by molar-refractivity contribution is 6.09. The highest BCUT2D eigenvalue weighted by Crippen LogP contribution is 1.93. The molecule has 0 bridgehead atoms. The molecule has 6 heavy (non-hydrogen) atoms. The van der Waals surface area contributed by atoms with E-state index in [0.29, 0.717) is 0 Å². The molecule has 0 aliphatic rings. The van der Waals surface area contributed by atoms with Crippen LogP contribution in [0.2, 0.25) is 12.1 Å². The van der Waals surface area contributed by atoms with Crippen molar-refractivity contribution in [1.29, 1.82) is 0 Å². The lowest BCUT2D eigenvalue weighted by molar-refractivity contribution is 0.881. The molecule has 0 amide bonds. The van der Waals surface area contributed by atoms with E-state index >= 15 is 0 Å². The summed E-state index contributed by atoms with van der Waals surface area (Å²) in [7, 11) is 2.84. The molecule has 0 atom stereocenters. The Morgan fingerprint density at radius 1 is 0.833 bits per heavy atom. The Hall–Kier alpha value is 0.434. The Bertz CT molecular complexity index is 17.5. The molecule has 0 unspecified atom stereocenters. The third-order valence-corrected chi connectivity index (χ3v) is 2.37. The van der Waals surface area contributed by atoms with E-state index in [1.165, 1.54) is 45.4 Å². The van der Waals surface area contributed by atoms with Gasteiger partial charge in [0, 0.05) is 20.5 Å². The standard InChI is InChI=1S/C4H14Si2/c5-3-1-2-4-6/h1-4H2,5-6H3. The molecule has 0 rings (SSSR count). The summed E-state index contributed by atoms with van der Waals surface area (Å²) in [4.78, 5) is 0. The average Bonchev–Trinajstić information content (AvgIpc) is 1.61. The van der Waals surface area contributed by atoms with Crippen LogP contribution in [0.5, 0.6) is 0 Å². The number of hydrogen-bond acceptors (Lipinski definition) is 0. The van der Waals surface area contributed by atoms with Crippen LogP contribution < -0.4 is 0 Å². The molecule has 0 aromatic carbocycles. The van der Waals surface area contributed by atoms with Crippen molar-refractivity contribution in [1.82, 2.24) is 0 Å². The Balaban J connectivity index is 2.34. The Labute approximate surface area is 46.2 Å². The van der Waals surface area contributed by atoms with Gasteiger partial charge in [0.15, 0.2) is 0 Å². The van der Waals surface area contributed by atoms with Crippen LogP contribution in [-0.2, 0) is 0 Å². The molecule has 0 fully saturated rings. The second-order valence-electron chi connectivity index (χ2n) is 1.71. The van der Waals surface area contributed by atoms with Crippen LogP contribution in [0.15, 0.2) is 0 Å². The minimum Gasteiger partial charge on any atom is -0.0659 e. The predicted molar refractivity (Wildman–Crippen MR) is 38.7 cm³/mol. The van der Waals surface area contributed by atoms with Gasteiger partial charge in [-0.25, -0.2) is 0 Å². The van der Waals surface area contributed by atoms with E-state index in [2.05, 4.69) is 0 Å². The van der Waals surface area contributed by atoms with Crippen LogP contribution in [0.4, 0.5) is 0 Å². The van der Waals surface area contributed by atoms with Gasteiger partial charge in [-0.15, -0.1) is 0 Å². The van der Waals surface area contributed by atoms with E-state index in [1.807, 2.05) is 0 Å². The van der Waals surface area contributed by atoms with Crippen LogP contribution in [-0.4, -0.2) is 20.5 Å². The lowest BCUT2D eigenvalue weighted by Gasteiger charge is -1.85. The fourth-order valence-corrected chi connectivity index (χ4v) is 1.50. The summed E-state index contributed by atoms with van der Waals surface area (Å²) in [6.45, 7) is 0. The lowest BCUT2D eigenvalue weighted by Crippen LogP contribution is -1.71. The van der Waals surface area contributed by atoms with Crippen LogP contribution in [0, 0.1) is 0 Å². The summed E-state index contributed by atoms with van der Waals surface area (Å²) in [5, 5.41) is 0. The fraction of sp³-hybridized carbons (Fsp3) is 1.00. The molecule has 0 aromatic rings. The summed E-state index contributed by atoms with van der Waals surface area (Å²) < 4.78 is 0. The van der Waals surface area contributed by atoms with Gasteiger partial charge in [0.1, 0.15) is 0 Å². The van der Waals surface area contributed by atoms with Crippen LogP contribution in [0.1, 0.15) is 12.8 Å². The maximum absolute atomic E-state index is 1.52. The molecular formula is C4H14Si2. The summed E-state index contributed by atoms with van der Waals surface area (Å²) in [6.07, 6.45) is 3.02. The van der Waals surface area contributed by atoms with Gasteiger partial charge >= 0.3 is 0 Å². The second kappa shape index (κ2) is 5.43. The van der Waals surface area contributed by atoms with Gasteiger partial charge in [0.25, 0.3) is 0 Å². The van der Waals surface area contributed by atoms with Gasteiger partial charge in [0.2, 0.25) is 0 Å². The van der Waals surface area contributed by atoms with E-state index in [-0.39, 0.29) is 0 Å². The van der Waals surface area contributed by atoms with Crippen LogP contribution in [0.3, 0.4) is 0 Å². The largest absolute Gasteiger partial charge is 0.0659 e. The predicted octanol–water partition coefficient (Wildman–Crippen LogP) is -0.666. The number of hydrogen-bond donors (Lipinski definition) is 0. The van der Waals surface area contributed by atoms with E-state index in [0.717, 1.165) is 0 Å². The quantitative estimate of drug-likeness (QED) is 0.341. The van der Waals surface area contributed by atoms with Crippen molar-refractivity contribution in [2.24, 2.45) is 0 Å². The Morgan fingerprint density at radius 2 is 1.17 bits per heavy atom. The average molecular weight is 118 g/mol. The van der Waals surface area contributed by atoms with Crippen molar-refractivity contribution >= 4 is 20.5 Å². The molecule has 0 aliphatic heterocycles. The highest BCUT2D eigenvalue weighted by Gasteiger charge is 1.75. The first-order valence-electron chi connectivity index (χ1n) is 2.91. The molecule has 0 aliphatic carbocycles. The van der Waals surface area contributed by atoms with Gasteiger partial charge < -0.3 is 0 Å². The summed E-state index contributed by atoms with van der Waals surface area (Å²) >= 11 is 0. The van der Waals surface area contributed by atoms with Crippen LogP contribution in [0.25, 0.3) is 0 Å². The molecular weight excluding hydrogens is 104 g/mol. The summed E-state index contributed by atoms with van der Waals surface area (Å²) in [5.41, 5.74) is 0. The fourth-order valence-electron chi connectivity index (χ4n) is 0.500. The normalized spacial score (nSPS) is 10.0. The summed E-state index contributed by atoms with van der Waals surface area (Å²) in [5.74, 6) is 0. The van der Waals surface area contributed by atoms with Gasteiger partial charge in [-0.3, -0.25) is 0 Å². The first kappa shape index (κ1) is 6.43. The van der Waals surface area contributed by atoms with E-state index in [1.54, 1.807) is 0 Å². The smallest absolute Gasteiger partial charge is 0.00279 e. The van der Waals surface area contributed by atoms with E-state index in [4.69, 9.17) is 0 Å². The molecule has 0 radical (unpaired) electrons. The molecule has 38 valence electrons. The van der Waals surface area contributed by atoms with Crippen molar-refractivity contribution in [3.8, 4) is 0 Å². The molecule has 0 saturated heterocycles. The number of unbranched alkanes of at least 4 members (excludes halogenated alkanes) is 1. The lowest BCUT2D eigenvalue weighted by atomic mass is 10.4. The first-order chi connectivity index (χ1) is 2.91. The minimum absolute atomic E-state index is 1.42. The Morgan fingerprint density at radius 3 is 1.33 bits per heavy atom. The minimum atomic E-state index is 1.42. The van der Waals surface area contributed by atoms with Gasteiger partial charge in [-0.2, -0.15) is 0 Å². The zero-order chi connectivity index (χ0) is 4.83. The van der Waals surface area contributed by atoms with Crippen molar-refractivity contribution in [3.05, 3.63) is 0 Å². The third kappa shape index (κ3) is 4.43. The van der Waals surface area contributed by atoms with Gasteiger partial charge in [-0.1, -0.05) is 24.9 Å². The third-order valence-electron chi connectivity index (χ3n) is 0.957. The maximum Gasteiger partial charge on any atom is 0.00279 e. The van der Waals surface area contributed by atoms with Gasteiger partial charge in [-0.05, 0) is 0 Å². The number of rotatable bonds is 3. The highest BCUT2D eigenvalue weighted by atomic mass is 28.1. The maximum atomic E-state index is 1.52. The van der Waals surface area contributed by atoms with Crippen molar-refractivity contribution in [2.75, 3.05) is 0 Å². The van der Waals surface area contributed by atoms with Crippen molar-refractivity contribution in [3.63, 3.8) is 0 Å². The molecule has 0 spiro atoms. The zero-order valence-corrected chi connectivity index (χ0v) is 8.83. The monoisotopic (exact) mass is 118 g/mol. The molecule has 0 nitrogen and oxygen atoms in total. The van der Waals surface area contributed by atoms with E-state index < -0.39 is 0 Å². The Kier molecular flexibility index (Phi) is 5.83. The topological polar surface area (TPSA) is 0 Å². The van der Waals surface area contributed by atoms with E-state index in [9.17, 15) is 0 Å². The van der Waals surface area contributed by atoms with Crippen molar-refractivity contribution < 1.29 is 0 Å². The first-order valence-corrected chi connectivity index (χ1v) is 5.74. The second-order valence-corrected chi connectivity index (χ2v) is 3.71. The zero-order valence-electron chi connectivity index (χ0n) is 4.83. The van der Waals surface area contributed by atoms with Gasteiger partial charge in [0.05, 0.1) is 0 Å². The molecule has 0 N–H and O–H groups in total. The molecule has 0 saturated carbocycles. The summed E-state index contributed by atoms with van der Waals surface area (Å²) in [6, 6.07) is 3.03. The SMILES string of the molecule is [SiH3]CCCC[SiH3].